The summed E-state index contributed by atoms with van der Waals surface area (Å²) in [5.41, 5.74) is 13.9. The Labute approximate surface area is 325 Å². The van der Waals surface area contributed by atoms with Crippen molar-refractivity contribution in [3.05, 3.63) is 109 Å². The second kappa shape index (κ2) is 17.5. The van der Waals surface area contributed by atoms with Gasteiger partial charge in [0.1, 0.15) is 13.2 Å². The predicted octanol–water partition coefficient (Wildman–Crippen LogP) is 8.05. The van der Waals surface area contributed by atoms with Gasteiger partial charge in [0.15, 0.2) is 11.5 Å². The Balaban J connectivity index is 0.000000184. The Hall–Kier alpha value is -4.47. The first-order valence-electron chi connectivity index (χ1n) is 20.6. The van der Waals surface area contributed by atoms with E-state index in [0.717, 1.165) is 97.5 Å². The SMILES string of the molecule is Cc1ccc2c(C)cc(=O)n(CCC3CCC(N)CC3)c2c1.Cc1ccc2c(C)cc(=O)n(CCC3CCC(NCc4cc5c(cn4)OCCO5)CC3)c2c1. The molecule has 9 heteroatoms. The third-order valence-electron chi connectivity index (χ3n) is 12.3. The van der Waals surface area contributed by atoms with Crippen LogP contribution in [-0.2, 0) is 19.6 Å². The van der Waals surface area contributed by atoms with Gasteiger partial charge >= 0.3 is 0 Å². The molecule has 2 fully saturated rings. The molecule has 0 unspecified atom stereocenters. The van der Waals surface area contributed by atoms with Gasteiger partial charge in [0.25, 0.3) is 11.1 Å². The van der Waals surface area contributed by atoms with Gasteiger partial charge < -0.3 is 29.7 Å². The molecule has 0 amide bonds. The van der Waals surface area contributed by atoms with Crippen LogP contribution < -0.4 is 31.6 Å². The summed E-state index contributed by atoms with van der Waals surface area (Å²) in [6.45, 7) is 11.8. The van der Waals surface area contributed by atoms with Crippen LogP contribution in [0.5, 0.6) is 11.5 Å². The standard InChI is InChI=1S/C27H33N3O3.C19H26N2O/c1-18-3-8-23-19(2)14-27(31)30(24(23)13-18)10-9-20-4-6-21(7-5-20)28-16-22-15-25-26(17-29-22)33-12-11-32-25;1-13-3-8-17-14(2)12-19(22)21(18(17)11-13)10-9-15-4-6-16(20)7-5-15/h3,8,13-15,17,20-21,28H,4-7,9-12,16H2,1-2H3;3,8,11-12,15-16H,4-7,9-10,20H2,1-2H3. The molecule has 292 valence electrons. The molecular formula is C46H59N5O4. The fourth-order valence-corrected chi connectivity index (χ4v) is 8.87. The van der Waals surface area contributed by atoms with Gasteiger partial charge in [0.2, 0.25) is 0 Å². The van der Waals surface area contributed by atoms with Crippen molar-refractivity contribution in [2.45, 2.75) is 124 Å². The molecule has 4 heterocycles. The fourth-order valence-electron chi connectivity index (χ4n) is 8.87. The molecule has 0 atom stereocenters. The Morgan fingerprint density at radius 3 is 1.73 bits per heavy atom. The molecule has 0 spiro atoms. The van der Waals surface area contributed by atoms with E-state index in [1.54, 1.807) is 18.3 Å². The summed E-state index contributed by atoms with van der Waals surface area (Å²) in [4.78, 5) is 29.7. The van der Waals surface area contributed by atoms with Crippen molar-refractivity contribution in [3.63, 3.8) is 0 Å². The topological polar surface area (TPSA) is 113 Å². The first-order chi connectivity index (χ1) is 26.6. The molecule has 55 heavy (non-hydrogen) atoms. The van der Waals surface area contributed by atoms with Gasteiger partial charge in [-0.2, -0.15) is 0 Å². The van der Waals surface area contributed by atoms with Crippen LogP contribution in [0.3, 0.4) is 0 Å². The van der Waals surface area contributed by atoms with E-state index in [-0.39, 0.29) is 11.1 Å². The van der Waals surface area contributed by atoms with Gasteiger partial charge in [0, 0.05) is 60.7 Å². The Morgan fingerprint density at radius 1 is 0.673 bits per heavy atom. The summed E-state index contributed by atoms with van der Waals surface area (Å²) in [6.07, 6.45) is 13.3. The maximum absolute atomic E-state index is 12.7. The van der Waals surface area contributed by atoms with E-state index in [9.17, 15) is 9.59 Å². The van der Waals surface area contributed by atoms with Crippen LogP contribution in [0.2, 0.25) is 0 Å². The maximum Gasteiger partial charge on any atom is 0.251 e. The summed E-state index contributed by atoms with van der Waals surface area (Å²) in [5.74, 6) is 2.92. The van der Waals surface area contributed by atoms with Crippen molar-refractivity contribution < 1.29 is 9.47 Å². The van der Waals surface area contributed by atoms with Crippen LogP contribution >= 0.6 is 0 Å². The number of aromatic nitrogens is 3. The first kappa shape index (κ1) is 38.8. The average molecular weight is 746 g/mol. The van der Waals surface area contributed by atoms with Gasteiger partial charge in [-0.3, -0.25) is 14.6 Å². The molecule has 2 saturated carbocycles. The quantitative estimate of drug-likeness (QED) is 0.157. The van der Waals surface area contributed by atoms with Crippen molar-refractivity contribution in [3.8, 4) is 11.5 Å². The molecule has 0 saturated heterocycles. The van der Waals surface area contributed by atoms with E-state index in [1.807, 2.05) is 29.0 Å². The van der Waals surface area contributed by atoms with Crippen LogP contribution in [0.1, 0.15) is 92.2 Å². The highest BCUT2D eigenvalue weighted by molar-refractivity contribution is 5.83. The van der Waals surface area contributed by atoms with Crippen molar-refractivity contribution in [1.29, 1.82) is 0 Å². The number of benzene rings is 2. The zero-order valence-corrected chi connectivity index (χ0v) is 33.2. The number of hydrogen-bond donors (Lipinski definition) is 2. The monoisotopic (exact) mass is 745 g/mol. The molecule has 9 nitrogen and oxygen atoms in total. The molecule has 3 aromatic heterocycles. The number of nitrogens with one attached hydrogen (secondary N) is 1. The van der Waals surface area contributed by atoms with Crippen LogP contribution in [0, 0.1) is 39.5 Å². The zero-order valence-electron chi connectivity index (χ0n) is 33.2. The zero-order chi connectivity index (χ0) is 38.5. The van der Waals surface area contributed by atoms with E-state index < -0.39 is 0 Å². The lowest BCUT2D eigenvalue weighted by atomic mass is 9.84. The summed E-state index contributed by atoms with van der Waals surface area (Å²) in [7, 11) is 0. The Morgan fingerprint density at radius 2 is 1.18 bits per heavy atom. The fraction of sp³-hybridized carbons (Fsp3) is 0.500. The lowest BCUT2D eigenvalue weighted by molar-refractivity contribution is 0.170. The minimum absolute atomic E-state index is 0.118. The van der Waals surface area contributed by atoms with Crippen LogP contribution in [-0.4, -0.2) is 39.4 Å². The second-order valence-corrected chi connectivity index (χ2v) is 16.5. The number of ether oxygens (including phenoxy) is 2. The highest BCUT2D eigenvalue weighted by Gasteiger charge is 2.22. The summed E-state index contributed by atoms with van der Waals surface area (Å²) < 4.78 is 15.2. The minimum Gasteiger partial charge on any atom is -0.486 e. The number of nitrogens with zero attached hydrogens (tertiary/aromatic N) is 3. The highest BCUT2D eigenvalue weighted by atomic mass is 16.6. The number of aryl methyl sites for hydroxylation is 6. The van der Waals surface area contributed by atoms with Crippen molar-refractivity contribution >= 4 is 21.8 Å². The summed E-state index contributed by atoms with van der Waals surface area (Å²) in [5, 5.41) is 6.04. The van der Waals surface area contributed by atoms with Gasteiger partial charge in [-0.1, -0.05) is 24.3 Å². The minimum atomic E-state index is 0.118. The maximum atomic E-state index is 12.7. The van der Waals surface area contributed by atoms with Crippen LogP contribution in [0.25, 0.3) is 21.8 Å². The van der Waals surface area contributed by atoms with Gasteiger partial charge in [-0.25, -0.2) is 0 Å². The largest absolute Gasteiger partial charge is 0.486 e. The van der Waals surface area contributed by atoms with E-state index in [0.29, 0.717) is 37.1 Å². The number of hydrogen-bond acceptors (Lipinski definition) is 7. The second-order valence-electron chi connectivity index (χ2n) is 16.5. The molecular weight excluding hydrogens is 687 g/mol. The van der Waals surface area contributed by atoms with E-state index >= 15 is 0 Å². The number of rotatable bonds is 9. The van der Waals surface area contributed by atoms with E-state index in [2.05, 4.69) is 60.5 Å². The first-order valence-corrected chi connectivity index (χ1v) is 20.6. The van der Waals surface area contributed by atoms with Crippen LogP contribution in [0.4, 0.5) is 0 Å². The van der Waals surface area contributed by atoms with Crippen LogP contribution in [0.15, 0.2) is 70.4 Å². The normalized spacial score (nSPS) is 21.0. The van der Waals surface area contributed by atoms with E-state index in [1.165, 1.54) is 47.6 Å². The Bertz CT molecular complexity index is 2230. The predicted molar refractivity (Wildman–Crippen MR) is 222 cm³/mol. The molecule has 0 bridgehead atoms. The van der Waals surface area contributed by atoms with Crippen molar-refractivity contribution in [2.24, 2.45) is 17.6 Å². The lowest BCUT2D eigenvalue weighted by Gasteiger charge is -2.29. The summed E-state index contributed by atoms with van der Waals surface area (Å²) >= 11 is 0. The van der Waals surface area contributed by atoms with E-state index in [4.69, 9.17) is 15.2 Å². The van der Waals surface area contributed by atoms with Gasteiger partial charge in [-0.05, 0) is 138 Å². The molecule has 2 aliphatic carbocycles. The highest BCUT2D eigenvalue weighted by Crippen LogP contribution is 2.31. The lowest BCUT2D eigenvalue weighted by Crippen LogP contribution is -2.33. The molecule has 0 radical (unpaired) electrons. The molecule has 1 aliphatic heterocycles. The molecule has 2 aromatic carbocycles. The number of fused-ring (bicyclic) bond motifs is 3. The summed E-state index contributed by atoms with van der Waals surface area (Å²) in [6, 6.07) is 19.3. The average Bonchev–Trinajstić information content (AvgIpc) is 3.18. The number of pyridine rings is 3. The molecule has 8 rings (SSSR count). The number of nitrogens with two attached hydrogens (primary N) is 1. The van der Waals surface area contributed by atoms with Crippen molar-refractivity contribution in [2.75, 3.05) is 13.2 Å². The Kier molecular flexibility index (Phi) is 12.4. The van der Waals surface area contributed by atoms with Crippen molar-refractivity contribution in [1.82, 2.24) is 19.4 Å². The molecule has 5 aromatic rings. The third kappa shape index (κ3) is 9.50. The smallest absolute Gasteiger partial charge is 0.251 e. The third-order valence-corrected chi connectivity index (χ3v) is 12.3. The van der Waals surface area contributed by atoms with Gasteiger partial charge in [0.05, 0.1) is 22.9 Å². The molecule has 3 aliphatic rings. The van der Waals surface area contributed by atoms with Gasteiger partial charge in [-0.15, -0.1) is 0 Å². The molecule has 3 N–H and O–H groups in total.